The molecule has 0 saturated carbocycles. The Morgan fingerprint density at radius 3 is 2.73 bits per heavy atom. The molecule has 0 aliphatic rings. The summed E-state index contributed by atoms with van der Waals surface area (Å²) in [7, 11) is 0. The molecule has 0 unspecified atom stereocenters. The van der Waals surface area contributed by atoms with Gasteiger partial charge in [-0.2, -0.15) is 0 Å². The highest BCUT2D eigenvalue weighted by atomic mass is 35.5. The SMILES string of the molecule is Cc1ccc(CN(CCCn2ccnc2)C(=O)Nc2ccc(Cl)cc2)o1. The van der Waals surface area contributed by atoms with Crippen molar-refractivity contribution in [2.45, 2.75) is 26.4 Å². The van der Waals surface area contributed by atoms with Gasteiger partial charge < -0.3 is 19.2 Å². The number of aryl methyl sites for hydroxylation is 2. The number of urea groups is 1. The number of hydrogen-bond acceptors (Lipinski definition) is 3. The summed E-state index contributed by atoms with van der Waals surface area (Å²) in [5.74, 6) is 1.59. The molecule has 136 valence electrons. The fourth-order valence-corrected chi connectivity index (χ4v) is 2.74. The van der Waals surface area contributed by atoms with E-state index in [0.29, 0.717) is 23.8 Å². The molecule has 7 heteroatoms. The average Bonchev–Trinajstić information content (AvgIpc) is 3.28. The van der Waals surface area contributed by atoms with E-state index >= 15 is 0 Å². The van der Waals surface area contributed by atoms with Gasteiger partial charge in [0.15, 0.2) is 0 Å². The van der Waals surface area contributed by atoms with E-state index in [4.69, 9.17) is 16.0 Å². The molecule has 0 fully saturated rings. The summed E-state index contributed by atoms with van der Waals surface area (Å²) in [5.41, 5.74) is 0.703. The van der Waals surface area contributed by atoms with E-state index in [1.165, 1.54) is 0 Å². The van der Waals surface area contributed by atoms with E-state index < -0.39 is 0 Å². The van der Waals surface area contributed by atoms with Crippen LogP contribution in [0.5, 0.6) is 0 Å². The van der Waals surface area contributed by atoms with Crippen molar-refractivity contribution < 1.29 is 9.21 Å². The largest absolute Gasteiger partial charge is 0.464 e. The number of halogens is 1. The Morgan fingerprint density at radius 1 is 1.27 bits per heavy atom. The van der Waals surface area contributed by atoms with Gasteiger partial charge in [-0.1, -0.05) is 11.6 Å². The van der Waals surface area contributed by atoms with Crippen LogP contribution in [-0.2, 0) is 13.1 Å². The number of carbonyl (C=O) groups is 1. The zero-order valence-electron chi connectivity index (χ0n) is 14.6. The van der Waals surface area contributed by atoms with Crippen LogP contribution >= 0.6 is 11.6 Å². The minimum atomic E-state index is -0.174. The molecule has 26 heavy (non-hydrogen) atoms. The molecule has 3 aromatic rings. The molecule has 0 saturated heterocycles. The predicted molar refractivity (Wildman–Crippen MR) is 101 cm³/mol. The highest BCUT2D eigenvalue weighted by molar-refractivity contribution is 6.30. The molecular weight excluding hydrogens is 352 g/mol. The number of benzene rings is 1. The fourth-order valence-electron chi connectivity index (χ4n) is 2.61. The lowest BCUT2D eigenvalue weighted by Gasteiger charge is -2.22. The molecule has 3 rings (SSSR count). The molecule has 1 N–H and O–H groups in total. The summed E-state index contributed by atoms with van der Waals surface area (Å²) in [6.07, 6.45) is 6.24. The number of anilines is 1. The van der Waals surface area contributed by atoms with Crippen LogP contribution in [0.25, 0.3) is 0 Å². The lowest BCUT2D eigenvalue weighted by atomic mass is 10.3. The van der Waals surface area contributed by atoms with E-state index in [9.17, 15) is 4.79 Å². The van der Waals surface area contributed by atoms with Crippen molar-refractivity contribution in [1.29, 1.82) is 0 Å². The van der Waals surface area contributed by atoms with Gasteiger partial charge in [0, 0.05) is 36.2 Å². The first-order chi connectivity index (χ1) is 12.6. The molecule has 2 heterocycles. The zero-order chi connectivity index (χ0) is 18.4. The van der Waals surface area contributed by atoms with Gasteiger partial charge in [0.05, 0.1) is 12.9 Å². The highest BCUT2D eigenvalue weighted by Gasteiger charge is 2.16. The summed E-state index contributed by atoms with van der Waals surface area (Å²) in [4.78, 5) is 18.5. The maximum Gasteiger partial charge on any atom is 0.322 e. The van der Waals surface area contributed by atoms with Gasteiger partial charge in [0.25, 0.3) is 0 Å². The molecular formula is C19H21ClN4O2. The summed E-state index contributed by atoms with van der Waals surface area (Å²) >= 11 is 5.89. The van der Waals surface area contributed by atoms with Gasteiger partial charge in [-0.15, -0.1) is 0 Å². The smallest absolute Gasteiger partial charge is 0.322 e. The van der Waals surface area contributed by atoms with Crippen molar-refractivity contribution in [2.24, 2.45) is 0 Å². The summed E-state index contributed by atoms with van der Waals surface area (Å²) in [6, 6.07) is 10.7. The van der Waals surface area contributed by atoms with Crippen molar-refractivity contribution in [3.05, 3.63) is 71.7 Å². The monoisotopic (exact) mass is 372 g/mol. The predicted octanol–water partition coefficient (Wildman–Crippen LogP) is 4.56. The van der Waals surface area contributed by atoms with E-state index in [2.05, 4.69) is 10.3 Å². The fraction of sp³-hybridized carbons (Fsp3) is 0.263. The van der Waals surface area contributed by atoms with Gasteiger partial charge in [-0.3, -0.25) is 0 Å². The molecule has 0 spiro atoms. The van der Waals surface area contributed by atoms with Gasteiger partial charge in [0.1, 0.15) is 11.5 Å². The Labute approximate surface area is 157 Å². The van der Waals surface area contributed by atoms with Crippen LogP contribution in [0.4, 0.5) is 10.5 Å². The van der Waals surface area contributed by atoms with Crippen molar-refractivity contribution in [3.8, 4) is 0 Å². The standard InChI is InChI=1S/C19H21ClN4O2/c1-15-3-8-18(26-15)13-24(11-2-10-23-12-9-21-14-23)19(25)22-17-6-4-16(20)5-7-17/h3-9,12,14H,2,10-11,13H2,1H3,(H,22,25). The molecule has 0 radical (unpaired) electrons. The van der Waals surface area contributed by atoms with Crippen molar-refractivity contribution in [1.82, 2.24) is 14.5 Å². The minimum Gasteiger partial charge on any atom is -0.464 e. The van der Waals surface area contributed by atoms with E-state index in [1.54, 1.807) is 41.7 Å². The number of carbonyl (C=O) groups excluding carboxylic acids is 1. The van der Waals surface area contributed by atoms with Crippen LogP contribution in [0.1, 0.15) is 17.9 Å². The first kappa shape index (κ1) is 18.1. The number of imidazole rings is 1. The summed E-state index contributed by atoms with van der Waals surface area (Å²) < 4.78 is 7.62. The molecule has 2 aromatic heterocycles. The summed E-state index contributed by atoms with van der Waals surface area (Å²) in [6.45, 7) is 3.69. The molecule has 1 aromatic carbocycles. The quantitative estimate of drug-likeness (QED) is 0.661. The third-order valence-electron chi connectivity index (χ3n) is 3.93. The molecule has 6 nitrogen and oxygen atoms in total. The molecule has 0 atom stereocenters. The number of furan rings is 1. The second-order valence-electron chi connectivity index (χ2n) is 6.03. The Morgan fingerprint density at radius 2 is 2.08 bits per heavy atom. The van der Waals surface area contributed by atoms with Crippen molar-refractivity contribution >= 4 is 23.3 Å². The molecule has 2 amide bonds. The summed E-state index contributed by atoms with van der Waals surface area (Å²) in [5, 5.41) is 3.54. The van der Waals surface area contributed by atoms with Gasteiger partial charge in [-0.05, 0) is 49.7 Å². The van der Waals surface area contributed by atoms with Crippen LogP contribution in [0.15, 0.2) is 59.5 Å². The number of amides is 2. The number of nitrogens with zero attached hydrogens (tertiary/aromatic N) is 3. The topological polar surface area (TPSA) is 63.3 Å². The Hall–Kier alpha value is -2.73. The van der Waals surface area contributed by atoms with Crippen LogP contribution < -0.4 is 5.32 Å². The third kappa shape index (κ3) is 5.13. The third-order valence-corrected chi connectivity index (χ3v) is 4.18. The van der Waals surface area contributed by atoms with E-state index in [1.807, 2.05) is 29.8 Å². The van der Waals surface area contributed by atoms with Crippen LogP contribution in [0, 0.1) is 6.92 Å². The lowest BCUT2D eigenvalue weighted by Crippen LogP contribution is -2.35. The minimum absolute atomic E-state index is 0.174. The number of rotatable bonds is 7. The van der Waals surface area contributed by atoms with Gasteiger partial charge in [0.2, 0.25) is 0 Å². The normalized spacial score (nSPS) is 10.7. The Bertz CT molecular complexity index is 828. The number of hydrogen-bond donors (Lipinski definition) is 1. The highest BCUT2D eigenvalue weighted by Crippen LogP contribution is 2.16. The molecule has 0 aliphatic carbocycles. The van der Waals surface area contributed by atoms with Crippen molar-refractivity contribution in [2.75, 3.05) is 11.9 Å². The van der Waals surface area contributed by atoms with E-state index in [0.717, 1.165) is 24.5 Å². The number of aromatic nitrogens is 2. The second kappa shape index (κ2) is 8.58. The van der Waals surface area contributed by atoms with Crippen LogP contribution in [0.3, 0.4) is 0 Å². The molecule has 0 aliphatic heterocycles. The second-order valence-corrected chi connectivity index (χ2v) is 6.46. The van der Waals surface area contributed by atoms with Gasteiger partial charge in [-0.25, -0.2) is 9.78 Å². The maximum atomic E-state index is 12.7. The lowest BCUT2D eigenvalue weighted by molar-refractivity contribution is 0.202. The Kier molecular flexibility index (Phi) is 5.96. The first-order valence-electron chi connectivity index (χ1n) is 8.43. The van der Waals surface area contributed by atoms with E-state index in [-0.39, 0.29) is 6.03 Å². The molecule has 0 bridgehead atoms. The average molecular weight is 373 g/mol. The zero-order valence-corrected chi connectivity index (χ0v) is 15.3. The first-order valence-corrected chi connectivity index (χ1v) is 8.80. The van der Waals surface area contributed by atoms with Crippen LogP contribution in [0.2, 0.25) is 5.02 Å². The van der Waals surface area contributed by atoms with Crippen LogP contribution in [-0.4, -0.2) is 27.0 Å². The Balaban J connectivity index is 1.63. The number of nitrogens with one attached hydrogen (secondary N) is 1. The maximum absolute atomic E-state index is 12.7. The van der Waals surface area contributed by atoms with Gasteiger partial charge >= 0.3 is 6.03 Å². The van der Waals surface area contributed by atoms with Crippen molar-refractivity contribution in [3.63, 3.8) is 0 Å².